The third-order valence-electron chi connectivity index (χ3n) is 4.16. The van der Waals surface area contributed by atoms with Crippen LogP contribution < -0.4 is 5.32 Å². The largest absolute Gasteiger partial charge is 0.366 e. The van der Waals surface area contributed by atoms with E-state index in [0.29, 0.717) is 23.9 Å². The van der Waals surface area contributed by atoms with Crippen molar-refractivity contribution in [3.8, 4) is 0 Å². The summed E-state index contributed by atoms with van der Waals surface area (Å²) in [6.45, 7) is 5.76. The van der Waals surface area contributed by atoms with E-state index in [1.54, 1.807) is 6.07 Å². The fourth-order valence-electron chi connectivity index (χ4n) is 2.73. The maximum atomic E-state index is 12.7. The lowest BCUT2D eigenvalue weighted by atomic mass is 10.2. The molecule has 0 unspecified atom stereocenters. The molecule has 0 bridgehead atoms. The van der Waals surface area contributed by atoms with Crippen molar-refractivity contribution >= 4 is 11.7 Å². The lowest BCUT2D eigenvalue weighted by Gasteiger charge is -2.32. The number of aromatic nitrogens is 2. The van der Waals surface area contributed by atoms with Gasteiger partial charge in [-0.3, -0.25) is 4.79 Å². The number of hydrogen-bond donors (Lipinski definition) is 1. The lowest BCUT2D eigenvalue weighted by Crippen LogP contribution is -2.47. The summed E-state index contributed by atoms with van der Waals surface area (Å²) in [6.07, 6.45) is 0. The Balaban J connectivity index is 1.70. The van der Waals surface area contributed by atoms with Crippen molar-refractivity contribution < 1.29 is 4.79 Å². The van der Waals surface area contributed by atoms with Crippen LogP contribution in [0.1, 0.15) is 21.9 Å². The molecule has 0 atom stereocenters. The number of likely N-dealkylation sites (N-methyl/N-ethyl adjacent to an activating group) is 1. The number of hydrogen-bond acceptors (Lipinski definition) is 5. The molecule has 6 heteroatoms. The molecule has 0 spiro atoms. The molecule has 24 heavy (non-hydrogen) atoms. The zero-order chi connectivity index (χ0) is 16.9. The molecule has 1 N–H and O–H groups in total. The van der Waals surface area contributed by atoms with E-state index in [9.17, 15) is 4.79 Å². The van der Waals surface area contributed by atoms with Gasteiger partial charge in [0.1, 0.15) is 17.3 Å². The van der Waals surface area contributed by atoms with Gasteiger partial charge in [-0.25, -0.2) is 9.97 Å². The van der Waals surface area contributed by atoms with E-state index in [-0.39, 0.29) is 5.91 Å². The standard InChI is InChI=1S/C18H23N5O/c1-14-20-16(18(24)23-10-8-22(2)9-11-23)12-17(21-14)19-13-15-6-4-3-5-7-15/h3-7,12H,8-11,13H2,1-2H3,(H,19,20,21). The number of nitrogens with zero attached hydrogens (tertiary/aromatic N) is 4. The molecule has 2 aromatic rings. The second-order valence-corrected chi connectivity index (χ2v) is 6.12. The smallest absolute Gasteiger partial charge is 0.272 e. The molecule has 1 aliphatic heterocycles. The number of carbonyl (C=O) groups excluding carboxylic acids is 1. The lowest BCUT2D eigenvalue weighted by molar-refractivity contribution is 0.0658. The Morgan fingerprint density at radius 3 is 2.54 bits per heavy atom. The molecule has 0 aliphatic carbocycles. The van der Waals surface area contributed by atoms with Crippen LogP contribution in [0.3, 0.4) is 0 Å². The van der Waals surface area contributed by atoms with Crippen LogP contribution in [-0.2, 0) is 6.54 Å². The van der Waals surface area contributed by atoms with E-state index in [0.717, 1.165) is 26.2 Å². The van der Waals surface area contributed by atoms with Gasteiger partial charge in [-0.1, -0.05) is 30.3 Å². The minimum Gasteiger partial charge on any atom is -0.366 e. The van der Waals surface area contributed by atoms with Crippen molar-refractivity contribution in [3.63, 3.8) is 0 Å². The van der Waals surface area contributed by atoms with Gasteiger partial charge in [0.05, 0.1) is 0 Å². The maximum Gasteiger partial charge on any atom is 0.272 e. The molecule has 1 fully saturated rings. The van der Waals surface area contributed by atoms with Gasteiger partial charge < -0.3 is 15.1 Å². The van der Waals surface area contributed by atoms with Crippen molar-refractivity contribution in [2.75, 3.05) is 38.5 Å². The number of piperazine rings is 1. The van der Waals surface area contributed by atoms with Crippen LogP contribution in [-0.4, -0.2) is 58.9 Å². The van der Waals surface area contributed by atoms with Gasteiger partial charge in [-0.15, -0.1) is 0 Å². The van der Waals surface area contributed by atoms with E-state index in [2.05, 4.69) is 39.4 Å². The van der Waals surface area contributed by atoms with Crippen LogP contribution in [0, 0.1) is 6.92 Å². The van der Waals surface area contributed by atoms with Gasteiger partial charge >= 0.3 is 0 Å². The summed E-state index contributed by atoms with van der Waals surface area (Å²) >= 11 is 0. The first kappa shape index (κ1) is 16.4. The van der Waals surface area contributed by atoms with Gasteiger partial charge in [0, 0.05) is 38.8 Å². The first-order valence-corrected chi connectivity index (χ1v) is 8.23. The number of rotatable bonds is 4. The average Bonchev–Trinajstić information content (AvgIpc) is 2.60. The summed E-state index contributed by atoms with van der Waals surface area (Å²) in [6, 6.07) is 11.9. The molecule has 2 heterocycles. The Morgan fingerprint density at radius 1 is 1.12 bits per heavy atom. The Hall–Kier alpha value is -2.47. The summed E-state index contributed by atoms with van der Waals surface area (Å²) in [5, 5.41) is 3.28. The molecule has 1 aromatic heterocycles. The fourth-order valence-corrected chi connectivity index (χ4v) is 2.73. The third-order valence-corrected chi connectivity index (χ3v) is 4.16. The summed E-state index contributed by atoms with van der Waals surface area (Å²) in [4.78, 5) is 25.5. The quantitative estimate of drug-likeness (QED) is 0.928. The second kappa shape index (κ2) is 7.40. The van der Waals surface area contributed by atoms with E-state index in [1.807, 2.05) is 30.0 Å². The zero-order valence-electron chi connectivity index (χ0n) is 14.2. The SMILES string of the molecule is Cc1nc(NCc2ccccc2)cc(C(=O)N2CCN(C)CC2)n1. The van der Waals surface area contributed by atoms with E-state index < -0.39 is 0 Å². The monoisotopic (exact) mass is 325 g/mol. The second-order valence-electron chi connectivity index (χ2n) is 6.12. The van der Waals surface area contributed by atoms with Crippen LogP contribution in [0.4, 0.5) is 5.82 Å². The summed E-state index contributed by atoms with van der Waals surface area (Å²) in [5.41, 5.74) is 1.63. The first-order chi connectivity index (χ1) is 11.6. The van der Waals surface area contributed by atoms with Crippen LogP contribution in [0.25, 0.3) is 0 Å². The Bertz CT molecular complexity index is 696. The van der Waals surface area contributed by atoms with Gasteiger partial charge in [-0.05, 0) is 19.5 Å². The van der Waals surface area contributed by atoms with Crippen LogP contribution in [0.2, 0.25) is 0 Å². The van der Waals surface area contributed by atoms with Gasteiger partial charge in [0.15, 0.2) is 0 Å². The fraction of sp³-hybridized carbons (Fsp3) is 0.389. The minimum atomic E-state index is -0.0173. The van der Waals surface area contributed by atoms with Crippen molar-refractivity contribution in [1.29, 1.82) is 0 Å². The average molecular weight is 325 g/mol. The van der Waals surface area contributed by atoms with E-state index in [4.69, 9.17) is 0 Å². The van der Waals surface area contributed by atoms with Gasteiger partial charge in [0.25, 0.3) is 5.91 Å². The highest BCUT2D eigenvalue weighted by molar-refractivity contribution is 5.93. The molecule has 1 aliphatic rings. The molecule has 1 saturated heterocycles. The molecular weight excluding hydrogens is 302 g/mol. The first-order valence-electron chi connectivity index (χ1n) is 8.23. The Kier molecular flexibility index (Phi) is 5.05. The topological polar surface area (TPSA) is 61.4 Å². The number of aryl methyl sites for hydroxylation is 1. The molecule has 3 rings (SSSR count). The molecule has 126 valence electrons. The predicted molar refractivity (Wildman–Crippen MR) is 93.9 cm³/mol. The van der Waals surface area contributed by atoms with Gasteiger partial charge in [0.2, 0.25) is 0 Å². The maximum absolute atomic E-state index is 12.7. The van der Waals surface area contributed by atoms with Crippen LogP contribution in [0.15, 0.2) is 36.4 Å². The number of benzene rings is 1. The van der Waals surface area contributed by atoms with E-state index >= 15 is 0 Å². The van der Waals surface area contributed by atoms with E-state index in [1.165, 1.54) is 5.56 Å². The number of carbonyl (C=O) groups is 1. The third kappa shape index (κ3) is 4.08. The summed E-state index contributed by atoms with van der Waals surface area (Å²) < 4.78 is 0. The van der Waals surface area contributed by atoms with Crippen LogP contribution in [0.5, 0.6) is 0 Å². The Labute approximate surface area is 142 Å². The molecule has 1 aromatic carbocycles. The molecule has 0 radical (unpaired) electrons. The van der Waals surface area contributed by atoms with Crippen LogP contribution >= 0.6 is 0 Å². The molecular formula is C18H23N5O. The number of amides is 1. The minimum absolute atomic E-state index is 0.0173. The molecule has 6 nitrogen and oxygen atoms in total. The van der Waals surface area contributed by atoms with Crippen molar-refractivity contribution in [2.45, 2.75) is 13.5 Å². The highest BCUT2D eigenvalue weighted by atomic mass is 16.2. The highest BCUT2D eigenvalue weighted by Crippen LogP contribution is 2.12. The number of anilines is 1. The zero-order valence-corrected chi connectivity index (χ0v) is 14.2. The normalized spacial score (nSPS) is 15.3. The number of nitrogens with one attached hydrogen (secondary N) is 1. The summed E-state index contributed by atoms with van der Waals surface area (Å²) in [5.74, 6) is 1.27. The molecule has 0 saturated carbocycles. The summed E-state index contributed by atoms with van der Waals surface area (Å²) in [7, 11) is 2.07. The van der Waals surface area contributed by atoms with Crippen molar-refractivity contribution in [2.24, 2.45) is 0 Å². The van der Waals surface area contributed by atoms with Gasteiger partial charge in [-0.2, -0.15) is 0 Å². The van der Waals surface area contributed by atoms with Crippen molar-refractivity contribution in [3.05, 3.63) is 53.5 Å². The van der Waals surface area contributed by atoms with Crippen molar-refractivity contribution in [1.82, 2.24) is 19.8 Å². The Morgan fingerprint density at radius 2 is 1.83 bits per heavy atom. The predicted octanol–water partition coefficient (Wildman–Crippen LogP) is 1.78. The molecule has 1 amide bonds. The highest BCUT2D eigenvalue weighted by Gasteiger charge is 2.22.